The molecule has 0 spiro atoms. The van der Waals surface area contributed by atoms with Crippen molar-refractivity contribution >= 4 is 27.3 Å². The maximum atomic E-state index is 12.4. The van der Waals surface area contributed by atoms with Gasteiger partial charge in [0.25, 0.3) is 10.0 Å². The molecule has 0 amide bonds. The Morgan fingerprint density at radius 2 is 1.32 bits per heavy atom. The third-order valence-corrected chi connectivity index (χ3v) is 6.04. The molecule has 1 N–H and O–H groups in total. The van der Waals surface area contributed by atoms with Crippen molar-refractivity contribution in [3.8, 4) is 0 Å². The van der Waals surface area contributed by atoms with Gasteiger partial charge in [0.2, 0.25) is 0 Å². The van der Waals surface area contributed by atoms with Crippen LogP contribution >= 0.6 is 0 Å². The number of rotatable bonds is 5. The summed E-state index contributed by atoms with van der Waals surface area (Å²) in [5, 5.41) is 8.25. The van der Waals surface area contributed by atoms with Gasteiger partial charge < -0.3 is 9.80 Å². The van der Waals surface area contributed by atoms with Crippen molar-refractivity contribution in [1.29, 1.82) is 0 Å². The van der Waals surface area contributed by atoms with Crippen LogP contribution in [0.2, 0.25) is 0 Å². The van der Waals surface area contributed by atoms with Gasteiger partial charge in [-0.05, 0) is 36.4 Å². The van der Waals surface area contributed by atoms with Gasteiger partial charge in [-0.3, -0.25) is 4.72 Å². The van der Waals surface area contributed by atoms with E-state index in [4.69, 9.17) is 0 Å². The van der Waals surface area contributed by atoms with Crippen LogP contribution < -0.4 is 14.5 Å². The highest BCUT2D eigenvalue weighted by molar-refractivity contribution is 7.92. The minimum absolute atomic E-state index is 0.193. The Hall–Kier alpha value is -3.13. The molecule has 0 saturated carbocycles. The van der Waals surface area contributed by atoms with E-state index in [0.717, 1.165) is 32.0 Å². The second-order valence-electron chi connectivity index (χ2n) is 6.50. The van der Waals surface area contributed by atoms with Crippen LogP contribution in [0, 0.1) is 0 Å². The molecular weight excluding hydrogens is 374 g/mol. The van der Waals surface area contributed by atoms with Crippen LogP contribution in [0.3, 0.4) is 0 Å². The molecule has 1 aliphatic rings. The fourth-order valence-corrected chi connectivity index (χ4v) is 4.19. The lowest BCUT2D eigenvalue weighted by atomic mass is 10.2. The Kier molecular flexibility index (Phi) is 5.12. The summed E-state index contributed by atoms with van der Waals surface area (Å²) in [7, 11) is -3.66. The average Bonchev–Trinajstić information content (AvgIpc) is 2.75. The number of hydrogen-bond acceptors (Lipinski definition) is 6. The Morgan fingerprint density at radius 3 is 1.93 bits per heavy atom. The van der Waals surface area contributed by atoms with Gasteiger partial charge in [0.15, 0.2) is 11.6 Å². The number of sulfonamides is 1. The molecule has 1 fully saturated rings. The molecule has 2 aromatic carbocycles. The number of aromatic nitrogens is 2. The number of para-hydroxylation sites is 1. The number of nitrogens with one attached hydrogen (secondary N) is 1. The van der Waals surface area contributed by atoms with Gasteiger partial charge in [-0.2, -0.15) is 0 Å². The van der Waals surface area contributed by atoms with Crippen LogP contribution in [0.5, 0.6) is 0 Å². The molecule has 0 bridgehead atoms. The molecule has 0 unspecified atom stereocenters. The maximum absolute atomic E-state index is 12.4. The van der Waals surface area contributed by atoms with Crippen LogP contribution in [-0.2, 0) is 10.0 Å². The fraction of sp³-hybridized carbons (Fsp3) is 0.200. The highest BCUT2D eigenvalue weighted by Gasteiger charge is 2.19. The van der Waals surface area contributed by atoms with Crippen LogP contribution in [0.15, 0.2) is 77.7 Å². The zero-order valence-electron chi connectivity index (χ0n) is 15.3. The Balaban J connectivity index is 1.39. The van der Waals surface area contributed by atoms with E-state index in [1.54, 1.807) is 30.3 Å². The number of hydrogen-bond donors (Lipinski definition) is 1. The number of anilines is 3. The first-order valence-corrected chi connectivity index (χ1v) is 10.6. The van der Waals surface area contributed by atoms with E-state index < -0.39 is 10.0 Å². The number of nitrogens with zero attached hydrogens (tertiary/aromatic N) is 4. The van der Waals surface area contributed by atoms with Crippen molar-refractivity contribution in [3.05, 3.63) is 72.8 Å². The van der Waals surface area contributed by atoms with Crippen LogP contribution in [0.25, 0.3) is 0 Å². The molecule has 3 aromatic rings. The lowest BCUT2D eigenvalue weighted by Gasteiger charge is -2.36. The van der Waals surface area contributed by atoms with E-state index in [2.05, 4.69) is 36.9 Å². The molecular formula is C20H21N5O2S. The van der Waals surface area contributed by atoms with Gasteiger partial charge in [0.1, 0.15) is 0 Å². The molecule has 0 atom stereocenters. The standard InChI is InChI=1S/C20H21N5O2S/c26-28(27,18-9-5-2-6-10-18)23-19-11-12-20(22-21-19)25-15-13-24(14-16-25)17-7-3-1-4-8-17/h1-12H,13-16H2,(H,21,23). The van der Waals surface area contributed by atoms with Gasteiger partial charge in [-0.25, -0.2) is 8.42 Å². The molecule has 1 aliphatic heterocycles. The molecule has 28 heavy (non-hydrogen) atoms. The summed E-state index contributed by atoms with van der Waals surface area (Å²) in [4.78, 5) is 4.69. The summed E-state index contributed by atoms with van der Waals surface area (Å²) in [5.74, 6) is 0.950. The van der Waals surface area contributed by atoms with Crippen LogP contribution in [0.4, 0.5) is 17.3 Å². The highest BCUT2D eigenvalue weighted by Crippen LogP contribution is 2.20. The predicted molar refractivity (Wildman–Crippen MR) is 110 cm³/mol. The first kappa shape index (κ1) is 18.2. The van der Waals surface area contributed by atoms with E-state index in [1.807, 2.05) is 18.2 Å². The quantitative estimate of drug-likeness (QED) is 0.715. The van der Waals surface area contributed by atoms with Gasteiger partial charge in [-0.15, -0.1) is 10.2 Å². The van der Waals surface area contributed by atoms with Gasteiger partial charge >= 0.3 is 0 Å². The van der Waals surface area contributed by atoms with Crippen molar-refractivity contribution in [3.63, 3.8) is 0 Å². The van der Waals surface area contributed by atoms with Gasteiger partial charge in [0, 0.05) is 31.9 Å². The molecule has 144 valence electrons. The highest BCUT2D eigenvalue weighted by atomic mass is 32.2. The first-order valence-electron chi connectivity index (χ1n) is 9.08. The van der Waals surface area contributed by atoms with E-state index in [0.29, 0.717) is 0 Å². The van der Waals surface area contributed by atoms with E-state index in [1.165, 1.54) is 17.8 Å². The SMILES string of the molecule is O=S(=O)(Nc1ccc(N2CCN(c3ccccc3)CC2)nn1)c1ccccc1. The molecule has 7 nitrogen and oxygen atoms in total. The molecule has 8 heteroatoms. The summed E-state index contributed by atoms with van der Waals surface area (Å²) in [5.41, 5.74) is 1.22. The van der Waals surface area contributed by atoms with Crippen molar-refractivity contribution in [1.82, 2.24) is 10.2 Å². The Labute approximate surface area is 164 Å². The van der Waals surface area contributed by atoms with Crippen LogP contribution in [0.1, 0.15) is 0 Å². The van der Waals surface area contributed by atoms with Crippen molar-refractivity contribution < 1.29 is 8.42 Å². The first-order chi connectivity index (χ1) is 13.6. The minimum Gasteiger partial charge on any atom is -0.368 e. The second-order valence-corrected chi connectivity index (χ2v) is 8.19. The summed E-state index contributed by atoms with van der Waals surface area (Å²) < 4.78 is 27.2. The summed E-state index contributed by atoms with van der Waals surface area (Å²) >= 11 is 0. The molecule has 2 heterocycles. The predicted octanol–water partition coefficient (Wildman–Crippen LogP) is 2.60. The average molecular weight is 395 g/mol. The van der Waals surface area contributed by atoms with Crippen molar-refractivity contribution in [2.45, 2.75) is 4.90 Å². The smallest absolute Gasteiger partial charge is 0.263 e. The largest absolute Gasteiger partial charge is 0.368 e. The summed E-state index contributed by atoms with van der Waals surface area (Å²) in [6.07, 6.45) is 0. The molecule has 1 aromatic heterocycles. The van der Waals surface area contributed by atoms with E-state index in [-0.39, 0.29) is 10.7 Å². The number of benzene rings is 2. The lowest BCUT2D eigenvalue weighted by Crippen LogP contribution is -2.46. The monoisotopic (exact) mass is 395 g/mol. The van der Waals surface area contributed by atoms with E-state index >= 15 is 0 Å². The number of piperazine rings is 1. The summed E-state index contributed by atoms with van der Waals surface area (Å²) in [6, 6.07) is 22.0. The zero-order chi connectivity index (χ0) is 19.4. The summed E-state index contributed by atoms with van der Waals surface area (Å²) in [6.45, 7) is 3.46. The second kappa shape index (κ2) is 7.85. The molecule has 1 saturated heterocycles. The molecule has 0 radical (unpaired) electrons. The zero-order valence-corrected chi connectivity index (χ0v) is 16.1. The normalized spacial score (nSPS) is 14.7. The molecule has 4 rings (SSSR count). The van der Waals surface area contributed by atoms with Crippen molar-refractivity contribution in [2.75, 3.05) is 40.7 Å². The van der Waals surface area contributed by atoms with Gasteiger partial charge in [-0.1, -0.05) is 36.4 Å². The maximum Gasteiger partial charge on any atom is 0.263 e. The topological polar surface area (TPSA) is 78.4 Å². The van der Waals surface area contributed by atoms with E-state index in [9.17, 15) is 8.42 Å². The Bertz CT molecular complexity index is 1000. The lowest BCUT2D eigenvalue weighted by molar-refractivity contribution is 0.601. The minimum atomic E-state index is -3.66. The van der Waals surface area contributed by atoms with Crippen LogP contribution in [-0.4, -0.2) is 44.8 Å². The van der Waals surface area contributed by atoms with Gasteiger partial charge in [0.05, 0.1) is 4.90 Å². The van der Waals surface area contributed by atoms with Crippen molar-refractivity contribution in [2.24, 2.45) is 0 Å². The fourth-order valence-electron chi connectivity index (χ4n) is 3.18. The molecule has 0 aliphatic carbocycles. The Morgan fingerprint density at radius 1 is 0.714 bits per heavy atom. The third-order valence-electron chi connectivity index (χ3n) is 4.67. The third kappa shape index (κ3) is 4.07.